The number of rotatable bonds is 3. The summed E-state index contributed by atoms with van der Waals surface area (Å²) in [6.07, 6.45) is 0.254. The molecule has 0 radical (unpaired) electrons. The molecule has 1 saturated heterocycles. The summed E-state index contributed by atoms with van der Waals surface area (Å²) in [5.41, 5.74) is 0.815. The smallest absolute Gasteiger partial charge is 0.257 e. The Labute approximate surface area is 109 Å². The normalized spacial score (nSPS) is 19.5. The second-order valence-electron chi connectivity index (χ2n) is 4.42. The third-order valence-corrected chi connectivity index (χ3v) is 2.94. The molecule has 0 saturated carbocycles. The predicted octanol–water partition coefficient (Wildman–Crippen LogP) is 1.46. The first-order valence-corrected chi connectivity index (χ1v) is 6.20. The number of nitrogens with one attached hydrogen (secondary N) is 1. The fourth-order valence-corrected chi connectivity index (χ4v) is 2.02. The third-order valence-electron chi connectivity index (χ3n) is 2.94. The Balaban J connectivity index is 1.70. The molecule has 1 fully saturated rings. The van der Waals surface area contributed by atoms with Crippen molar-refractivity contribution in [3.05, 3.63) is 47.4 Å². The molecule has 1 aromatic carbocycles. The molecule has 2 aromatic rings. The number of benzene rings is 1. The van der Waals surface area contributed by atoms with E-state index >= 15 is 0 Å². The van der Waals surface area contributed by atoms with Gasteiger partial charge in [0, 0.05) is 19.5 Å². The summed E-state index contributed by atoms with van der Waals surface area (Å²) >= 11 is 0. The molecule has 6 heteroatoms. The van der Waals surface area contributed by atoms with E-state index in [-0.39, 0.29) is 11.9 Å². The number of ether oxygens (including phenoxy) is 1. The van der Waals surface area contributed by atoms with E-state index in [1.54, 1.807) is 6.07 Å². The molecule has 3 rings (SSSR count). The molecule has 0 bridgehead atoms. The minimum atomic E-state index is -0.263. The summed E-state index contributed by atoms with van der Waals surface area (Å²) in [5, 5.41) is 7.10. The molecule has 2 heterocycles. The Morgan fingerprint density at radius 1 is 1.42 bits per heavy atom. The van der Waals surface area contributed by atoms with Crippen LogP contribution in [0.15, 0.2) is 28.8 Å². The van der Waals surface area contributed by atoms with Crippen molar-refractivity contribution in [2.24, 2.45) is 0 Å². The van der Waals surface area contributed by atoms with Gasteiger partial charge < -0.3 is 14.6 Å². The van der Waals surface area contributed by atoms with Crippen LogP contribution in [0.25, 0.3) is 0 Å². The number of aromatic nitrogens is 2. The van der Waals surface area contributed by atoms with Crippen LogP contribution in [0.5, 0.6) is 0 Å². The Kier molecular flexibility index (Phi) is 3.52. The van der Waals surface area contributed by atoms with Crippen LogP contribution in [0.1, 0.15) is 23.4 Å². The van der Waals surface area contributed by atoms with Gasteiger partial charge in [0.1, 0.15) is 11.9 Å². The molecule has 0 aliphatic carbocycles. The second-order valence-corrected chi connectivity index (χ2v) is 4.42. The fraction of sp³-hybridized carbons (Fsp3) is 0.385. The highest BCUT2D eigenvalue weighted by Gasteiger charge is 2.22. The van der Waals surface area contributed by atoms with Crippen molar-refractivity contribution in [1.29, 1.82) is 0 Å². The Morgan fingerprint density at radius 3 is 3.16 bits per heavy atom. The maximum absolute atomic E-state index is 13.1. The zero-order valence-electron chi connectivity index (χ0n) is 10.3. The first kappa shape index (κ1) is 12.3. The van der Waals surface area contributed by atoms with E-state index in [4.69, 9.17) is 9.26 Å². The van der Waals surface area contributed by atoms with E-state index in [1.807, 2.05) is 6.07 Å². The van der Waals surface area contributed by atoms with Crippen molar-refractivity contribution < 1.29 is 13.7 Å². The van der Waals surface area contributed by atoms with Crippen molar-refractivity contribution >= 4 is 0 Å². The number of nitrogens with zero attached hydrogens (tertiary/aromatic N) is 2. The number of hydrogen-bond donors (Lipinski definition) is 1. The molecule has 1 aliphatic heterocycles. The second kappa shape index (κ2) is 5.46. The zero-order chi connectivity index (χ0) is 13.1. The maximum Gasteiger partial charge on any atom is 0.257 e. The summed E-state index contributed by atoms with van der Waals surface area (Å²) in [6, 6.07) is 6.37. The van der Waals surface area contributed by atoms with Gasteiger partial charge in [-0.15, -0.1) is 0 Å². The Morgan fingerprint density at radius 2 is 2.37 bits per heavy atom. The molecule has 1 N–H and O–H groups in total. The quantitative estimate of drug-likeness (QED) is 0.908. The monoisotopic (exact) mass is 263 g/mol. The van der Waals surface area contributed by atoms with Crippen LogP contribution in [0.4, 0.5) is 4.39 Å². The highest BCUT2D eigenvalue weighted by molar-refractivity contribution is 5.19. The van der Waals surface area contributed by atoms with E-state index in [2.05, 4.69) is 15.5 Å². The van der Waals surface area contributed by atoms with E-state index < -0.39 is 0 Å². The largest absolute Gasteiger partial charge is 0.366 e. The van der Waals surface area contributed by atoms with Gasteiger partial charge in [-0.1, -0.05) is 17.3 Å². The molecular formula is C13H14FN3O2. The summed E-state index contributed by atoms with van der Waals surface area (Å²) in [7, 11) is 0. The van der Waals surface area contributed by atoms with Crippen LogP contribution >= 0.6 is 0 Å². The molecule has 0 unspecified atom stereocenters. The van der Waals surface area contributed by atoms with Gasteiger partial charge >= 0.3 is 0 Å². The van der Waals surface area contributed by atoms with Crippen LogP contribution in [-0.2, 0) is 11.2 Å². The van der Waals surface area contributed by atoms with Crippen LogP contribution < -0.4 is 5.32 Å². The van der Waals surface area contributed by atoms with Gasteiger partial charge in [0.25, 0.3) is 5.89 Å². The zero-order valence-corrected chi connectivity index (χ0v) is 10.3. The lowest BCUT2D eigenvalue weighted by Crippen LogP contribution is -2.33. The molecule has 1 atom stereocenters. The molecule has 5 nitrogen and oxygen atoms in total. The minimum Gasteiger partial charge on any atom is -0.366 e. The molecular weight excluding hydrogens is 249 g/mol. The van der Waals surface area contributed by atoms with Crippen LogP contribution in [0, 0.1) is 5.82 Å². The van der Waals surface area contributed by atoms with Gasteiger partial charge in [0.05, 0.1) is 6.61 Å². The molecule has 1 aliphatic rings. The van der Waals surface area contributed by atoms with Gasteiger partial charge in [-0.05, 0) is 17.7 Å². The number of hydrogen-bond acceptors (Lipinski definition) is 5. The average Bonchev–Trinajstić information content (AvgIpc) is 2.88. The molecule has 0 amide bonds. The van der Waals surface area contributed by atoms with Gasteiger partial charge in [-0.25, -0.2) is 4.39 Å². The lowest BCUT2D eigenvalue weighted by atomic mass is 10.1. The van der Waals surface area contributed by atoms with Crippen LogP contribution in [0.2, 0.25) is 0 Å². The van der Waals surface area contributed by atoms with E-state index in [0.717, 1.165) is 12.1 Å². The first-order valence-electron chi connectivity index (χ1n) is 6.20. The maximum atomic E-state index is 13.1. The fourth-order valence-electron chi connectivity index (χ4n) is 2.02. The van der Waals surface area contributed by atoms with E-state index in [1.165, 1.54) is 12.1 Å². The topological polar surface area (TPSA) is 60.2 Å². The third kappa shape index (κ3) is 2.97. The van der Waals surface area contributed by atoms with Crippen molar-refractivity contribution in [3.63, 3.8) is 0 Å². The summed E-state index contributed by atoms with van der Waals surface area (Å²) < 4.78 is 23.8. The van der Waals surface area contributed by atoms with Gasteiger partial charge in [-0.3, -0.25) is 0 Å². The Bertz CT molecular complexity index is 552. The average molecular weight is 263 g/mol. The van der Waals surface area contributed by atoms with Crippen molar-refractivity contribution in [3.8, 4) is 0 Å². The molecule has 1 aromatic heterocycles. The summed E-state index contributed by atoms with van der Waals surface area (Å²) in [6.45, 7) is 2.13. The van der Waals surface area contributed by atoms with Crippen molar-refractivity contribution in [1.82, 2.24) is 15.5 Å². The minimum absolute atomic E-state index is 0.192. The highest BCUT2D eigenvalue weighted by atomic mass is 19.1. The van der Waals surface area contributed by atoms with Gasteiger partial charge in [0.2, 0.25) is 0 Å². The highest BCUT2D eigenvalue weighted by Crippen LogP contribution is 2.17. The number of morpholine rings is 1. The lowest BCUT2D eigenvalue weighted by molar-refractivity contribution is 0.00755. The number of halogens is 1. The van der Waals surface area contributed by atoms with Gasteiger partial charge in [0.15, 0.2) is 5.82 Å². The summed E-state index contributed by atoms with van der Waals surface area (Å²) in [4.78, 5) is 4.29. The molecule has 0 spiro atoms. The van der Waals surface area contributed by atoms with Crippen LogP contribution in [-0.4, -0.2) is 29.8 Å². The van der Waals surface area contributed by atoms with Crippen molar-refractivity contribution in [2.75, 3.05) is 19.7 Å². The first-order chi connectivity index (χ1) is 9.31. The van der Waals surface area contributed by atoms with Gasteiger partial charge in [-0.2, -0.15) is 4.98 Å². The summed E-state index contributed by atoms with van der Waals surface area (Å²) in [5.74, 6) is 0.745. The molecule has 19 heavy (non-hydrogen) atoms. The standard InChI is InChI=1S/C13H14FN3O2/c14-10-3-1-2-9(6-10)7-12-16-13(19-17-12)11-8-15-4-5-18-11/h1-3,6,11,15H,4-5,7-8H2/t11-/m1/s1. The van der Waals surface area contributed by atoms with E-state index in [0.29, 0.717) is 31.3 Å². The SMILES string of the molecule is Fc1cccc(Cc2noc([C@H]3CNCCO3)n2)c1. The predicted molar refractivity (Wildman–Crippen MR) is 65.1 cm³/mol. The molecule has 100 valence electrons. The van der Waals surface area contributed by atoms with E-state index in [9.17, 15) is 4.39 Å². The lowest BCUT2D eigenvalue weighted by Gasteiger charge is -2.19. The van der Waals surface area contributed by atoms with Crippen LogP contribution in [0.3, 0.4) is 0 Å². The Hall–Kier alpha value is -1.79. The van der Waals surface area contributed by atoms with Crippen molar-refractivity contribution in [2.45, 2.75) is 12.5 Å².